The van der Waals surface area contributed by atoms with E-state index in [2.05, 4.69) is 177 Å². The largest absolute Gasteiger partial charge is 0.461 e. The molecule has 3 aliphatic rings. The number of thiophene rings is 1. The van der Waals surface area contributed by atoms with Gasteiger partial charge in [-0.3, -0.25) is 0 Å². The van der Waals surface area contributed by atoms with E-state index in [1.807, 2.05) is 29.5 Å². The highest BCUT2D eigenvalue weighted by Crippen LogP contribution is 2.68. The summed E-state index contributed by atoms with van der Waals surface area (Å²) in [5, 5.41) is 2.63. The predicted molar refractivity (Wildman–Crippen MR) is 239 cm³/mol. The lowest BCUT2D eigenvalue weighted by atomic mass is 9.52. The van der Waals surface area contributed by atoms with Gasteiger partial charge in [-0.25, -0.2) is 9.97 Å². The van der Waals surface area contributed by atoms with E-state index in [9.17, 15) is 0 Å². The number of rotatable bonds is 4. The van der Waals surface area contributed by atoms with E-state index in [1.54, 1.807) is 0 Å². The van der Waals surface area contributed by atoms with Gasteiger partial charge in [-0.2, -0.15) is 0 Å². The molecule has 1 spiro atoms. The maximum Gasteiger partial charge on any atom is 0.160 e. The zero-order chi connectivity index (χ0) is 38.4. The van der Waals surface area contributed by atoms with Gasteiger partial charge in [0.15, 0.2) is 5.82 Å². The van der Waals surface area contributed by atoms with Crippen LogP contribution in [0.1, 0.15) is 30.0 Å². The Labute approximate surface area is 341 Å². The fourth-order valence-electron chi connectivity index (χ4n) is 10.0. The van der Waals surface area contributed by atoms with Gasteiger partial charge in [0.05, 0.1) is 16.8 Å². The Bertz CT molecular complexity index is 3150. The van der Waals surface area contributed by atoms with Crippen LogP contribution in [0.25, 0.3) is 76.3 Å². The highest BCUT2D eigenvalue weighted by molar-refractivity contribution is 7.25. The number of hydrogen-bond acceptors (Lipinski definition) is 4. The van der Waals surface area contributed by atoms with Crippen molar-refractivity contribution < 1.29 is 4.74 Å². The molecule has 1 aliphatic heterocycles. The van der Waals surface area contributed by atoms with E-state index in [0.717, 1.165) is 46.0 Å². The second kappa shape index (κ2) is 12.6. The zero-order valence-electron chi connectivity index (χ0n) is 31.8. The molecule has 9 aromatic rings. The van der Waals surface area contributed by atoms with E-state index in [-0.39, 0.29) is 5.41 Å². The zero-order valence-corrected chi connectivity index (χ0v) is 32.6. The minimum Gasteiger partial charge on any atom is -0.461 e. The average molecular weight is 761 g/mol. The molecule has 274 valence electrons. The Morgan fingerprint density at radius 3 is 1.95 bits per heavy atom. The highest BCUT2D eigenvalue weighted by Gasteiger charge is 2.62. The molecule has 7 aromatic carbocycles. The van der Waals surface area contributed by atoms with Crippen molar-refractivity contribution in [3.63, 3.8) is 0 Å². The molecule has 2 aromatic heterocycles. The molecule has 0 radical (unpaired) electrons. The molecular weight excluding hydrogens is 725 g/mol. The smallest absolute Gasteiger partial charge is 0.160 e. The van der Waals surface area contributed by atoms with Gasteiger partial charge in [-0.05, 0) is 82.3 Å². The van der Waals surface area contributed by atoms with Crippen LogP contribution in [0.2, 0.25) is 0 Å². The monoisotopic (exact) mass is 760 g/mol. The Morgan fingerprint density at radius 2 is 1.16 bits per heavy atom. The van der Waals surface area contributed by atoms with Crippen molar-refractivity contribution in [1.82, 2.24) is 9.97 Å². The van der Waals surface area contributed by atoms with Crippen molar-refractivity contribution in [3.05, 3.63) is 211 Å². The third-order valence-corrected chi connectivity index (χ3v) is 13.9. The molecule has 0 saturated carbocycles. The molecule has 1 atom stereocenters. The van der Waals surface area contributed by atoms with Crippen molar-refractivity contribution in [3.8, 4) is 61.9 Å². The molecule has 58 heavy (non-hydrogen) atoms. The molecule has 0 bridgehead atoms. The summed E-state index contributed by atoms with van der Waals surface area (Å²) in [6, 6.07) is 61.3. The summed E-state index contributed by atoms with van der Waals surface area (Å²) < 4.78 is 9.52. The Morgan fingerprint density at radius 1 is 0.517 bits per heavy atom. The van der Waals surface area contributed by atoms with Crippen LogP contribution < -0.4 is 4.74 Å². The van der Waals surface area contributed by atoms with Gasteiger partial charge in [0.25, 0.3) is 0 Å². The van der Waals surface area contributed by atoms with Gasteiger partial charge in [0.1, 0.15) is 11.5 Å². The third kappa shape index (κ3) is 4.73. The normalized spacial score (nSPS) is 17.0. The Kier molecular flexibility index (Phi) is 7.21. The highest BCUT2D eigenvalue weighted by atomic mass is 32.1. The minimum absolute atomic E-state index is 0.356. The molecule has 2 aliphatic carbocycles. The predicted octanol–water partition coefficient (Wildman–Crippen LogP) is 14.1. The summed E-state index contributed by atoms with van der Waals surface area (Å²) in [7, 11) is 0. The van der Waals surface area contributed by atoms with Gasteiger partial charge in [-0.15, -0.1) is 11.3 Å². The molecule has 0 N–H and O–H groups in total. The fourth-order valence-corrected chi connectivity index (χ4v) is 11.2. The fraction of sp³-hybridized carbons (Fsp3) is 0.0741. The first kappa shape index (κ1) is 33.3. The lowest BCUT2D eigenvalue weighted by Gasteiger charge is -2.53. The summed E-state index contributed by atoms with van der Waals surface area (Å²) in [5.74, 6) is 2.59. The SMILES string of the molecule is CC12CC=CC=C1Oc1ccc(-c3cc(-c4ccc(-c5ccc6c(c5)sc5ccccc56)cc4)nc(-c4ccccc4)n3)cc1C21c2ccccc2-c2ccccc21. The molecule has 0 fully saturated rings. The van der Waals surface area contributed by atoms with Crippen LogP contribution in [-0.4, -0.2) is 9.97 Å². The van der Waals surface area contributed by atoms with Gasteiger partial charge in [0.2, 0.25) is 0 Å². The number of ether oxygens (including phenoxy) is 1. The molecule has 0 saturated heterocycles. The molecule has 3 heterocycles. The van der Waals surface area contributed by atoms with E-state index >= 15 is 0 Å². The van der Waals surface area contributed by atoms with E-state index in [4.69, 9.17) is 14.7 Å². The Hall–Kier alpha value is -6.88. The number of aromatic nitrogens is 2. The van der Waals surface area contributed by atoms with Crippen LogP contribution in [0.3, 0.4) is 0 Å². The van der Waals surface area contributed by atoms with E-state index in [1.165, 1.54) is 59.1 Å². The van der Waals surface area contributed by atoms with Crippen molar-refractivity contribution in [2.45, 2.75) is 18.8 Å². The lowest BCUT2D eigenvalue weighted by molar-refractivity contribution is 0.153. The lowest BCUT2D eigenvalue weighted by Crippen LogP contribution is -2.50. The minimum atomic E-state index is -0.479. The van der Waals surface area contributed by atoms with Crippen LogP contribution in [0.15, 0.2) is 194 Å². The Balaban J connectivity index is 1.01. The molecule has 1 unspecified atom stereocenters. The van der Waals surface area contributed by atoms with Crippen LogP contribution in [0, 0.1) is 5.41 Å². The van der Waals surface area contributed by atoms with Gasteiger partial charge in [-0.1, -0.05) is 153 Å². The summed E-state index contributed by atoms with van der Waals surface area (Å²) in [4.78, 5) is 10.5. The third-order valence-electron chi connectivity index (χ3n) is 12.8. The maximum atomic E-state index is 6.90. The number of fused-ring (bicyclic) bond motifs is 12. The second-order valence-corrected chi connectivity index (χ2v) is 16.9. The number of allylic oxidation sites excluding steroid dienone is 4. The summed E-state index contributed by atoms with van der Waals surface area (Å²) in [6.45, 7) is 2.39. The van der Waals surface area contributed by atoms with Crippen LogP contribution >= 0.6 is 11.3 Å². The standard InChI is InChI=1S/C54H36N2OS/c1-53-30-12-11-21-51(53)57-48-29-27-38(31-45(48)54(53)43-18-8-5-15-39(43)40-16-6-9-19-44(40)54)47-33-46(55-52(56-47)36-13-3-2-4-14-36)35-24-22-34(23-25-35)37-26-28-42-41-17-7-10-20-49(41)58-50(42)32-37/h2-29,31-33H,30H2,1H3. The topological polar surface area (TPSA) is 35.0 Å². The number of nitrogens with zero attached hydrogens (tertiary/aromatic N) is 2. The molecule has 4 heteroatoms. The van der Waals surface area contributed by atoms with Gasteiger partial charge in [0, 0.05) is 47.8 Å². The van der Waals surface area contributed by atoms with E-state index < -0.39 is 5.41 Å². The molecule has 0 amide bonds. The molecule has 12 rings (SSSR count). The average Bonchev–Trinajstić information content (AvgIpc) is 3.81. The van der Waals surface area contributed by atoms with Gasteiger partial charge >= 0.3 is 0 Å². The first-order valence-corrected chi connectivity index (χ1v) is 20.8. The van der Waals surface area contributed by atoms with Crippen molar-refractivity contribution in [1.29, 1.82) is 0 Å². The molecule has 3 nitrogen and oxygen atoms in total. The first-order chi connectivity index (χ1) is 28.6. The number of benzene rings is 7. The second-order valence-electron chi connectivity index (χ2n) is 15.9. The molecular formula is C54H36N2OS. The van der Waals surface area contributed by atoms with Gasteiger partial charge < -0.3 is 4.74 Å². The summed E-state index contributed by atoms with van der Waals surface area (Å²) >= 11 is 1.85. The van der Waals surface area contributed by atoms with Crippen molar-refractivity contribution >= 4 is 31.5 Å². The maximum absolute atomic E-state index is 6.90. The van der Waals surface area contributed by atoms with Crippen LogP contribution in [-0.2, 0) is 5.41 Å². The van der Waals surface area contributed by atoms with Crippen molar-refractivity contribution in [2.75, 3.05) is 0 Å². The van der Waals surface area contributed by atoms with Crippen molar-refractivity contribution in [2.24, 2.45) is 5.41 Å². The summed E-state index contributed by atoms with van der Waals surface area (Å²) in [5.41, 5.74) is 12.7. The first-order valence-electron chi connectivity index (χ1n) is 19.9. The van der Waals surface area contributed by atoms with E-state index in [0.29, 0.717) is 5.82 Å². The quantitative estimate of drug-likeness (QED) is 0.179. The number of hydrogen-bond donors (Lipinski definition) is 0. The van der Waals surface area contributed by atoms with Crippen LogP contribution in [0.5, 0.6) is 5.75 Å². The summed E-state index contributed by atoms with van der Waals surface area (Å²) in [6.07, 6.45) is 7.46. The van der Waals surface area contributed by atoms with Crippen LogP contribution in [0.4, 0.5) is 0 Å².